The third kappa shape index (κ3) is 23.9. The van der Waals surface area contributed by atoms with Crippen molar-refractivity contribution in [3.8, 4) is 0 Å². The highest BCUT2D eigenvalue weighted by molar-refractivity contribution is 7.53. The molecule has 0 saturated heterocycles. The number of rotatable bonds is 29. The fourth-order valence-electron chi connectivity index (χ4n) is 3.92. The Morgan fingerprint density at radius 3 is 1.05 bits per heavy atom. The number of hydrogen-bond donors (Lipinski definition) is 6. The van der Waals surface area contributed by atoms with E-state index < -0.39 is 15.2 Å². The summed E-state index contributed by atoms with van der Waals surface area (Å²) in [6.07, 6.45) is 8.79. The molecule has 230 valence electrons. The zero-order valence-corrected chi connectivity index (χ0v) is 25.4. The van der Waals surface area contributed by atoms with Crippen LogP contribution < -0.4 is 22.9 Å². The van der Waals surface area contributed by atoms with Gasteiger partial charge in [-0.15, -0.1) is 0 Å². The summed E-state index contributed by atoms with van der Waals surface area (Å²) in [6.45, 7) is 7.06. The van der Waals surface area contributed by atoms with Crippen LogP contribution in [-0.4, -0.2) is 111 Å². The molecule has 0 rings (SSSR count). The molecule has 0 aliphatic heterocycles. The van der Waals surface area contributed by atoms with Gasteiger partial charge in [-0.3, -0.25) is 9.13 Å². The van der Waals surface area contributed by atoms with Gasteiger partial charge < -0.3 is 51.6 Å². The van der Waals surface area contributed by atoms with Crippen molar-refractivity contribution < 1.29 is 28.0 Å². The van der Waals surface area contributed by atoms with Crippen molar-refractivity contribution in [3.05, 3.63) is 0 Å². The average Bonchev–Trinajstić information content (AvgIpc) is 2.88. The minimum Gasteiger partial charge on any atom is -0.330 e. The molecule has 0 fully saturated rings. The van der Waals surface area contributed by atoms with Crippen molar-refractivity contribution in [2.75, 3.05) is 91.0 Å². The molecule has 0 spiro atoms. The van der Waals surface area contributed by atoms with Crippen LogP contribution in [0.1, 0.15) is 64.2 Å². The molecule has 0 aromatic rings. The van der Waals surface area contributed by atoms with Gasteiger partial charge in [-0.2, -0.15) is 0 Å². The van der Waals surface area contributed by atoms with E-state index in [1.165, 1.54) is 0 Å². The molecule has 0 aromatic carbocycles. The Labute approximate surface area is 231 Å². The maximum Gasteiger partial charge on any atom is 0.329 e. The monoisotopic (exact) mass is 588 g/mol. The van der Waals surface area contributed by atoms with Gasteiger partial charge in [0.25, 0.3) is 0 Å². The quantitative estimate of drug-likeness (QED) is 0.0546. The molecular formula is C24H58N6O6P2. The van der Waals surface area contributed by atoms with Crippen LogP contribution in [0.15, 0.2) is 0 Å². The van der Waals surface area contributed by atoms with Gasteiger partial charge in [0.15, 0.2) is 0 Å². The van der Waals surface area contributed by atoms with E-state index in [0.29, 0.717) is 39.3 Å². The highest BCUT2D eigenvalue weighted by Gasteiger charge is 2.21. The average molecular weight is 589 g/mol. The second-order valence-corrected chi connectivity index (χ2v) is 13.7. The van der Waals surface area contributed by atoms with Crippen molar-refractivity contribution in [3.63, 3.8) is 0 Å². The van der Waals surface area contributed by atoms with Crippen LogP contribution in [0.2, 0.25) is 0 Å². The van der Waals surface area contributed by atoms with Crippen molar-refractivity contribution >= 4 is 15.2 Å². The van der Waals surface area contributed by atoms with Gasteiger partial charge in [0, 0.05) is 13.1 Å². The summed E-state index contributed by atoms with van der Waals surface area (Å²) >= 11 is 0. The number of unbranched alkanes of at least 4 members (excludes halogenated alkanes) is 5. The second kappa shape index (κ2) is 24.8. The standard InChI is InChI=1S/C24H58N6O6P2/c25-11-7-15-29(16-8-12-26)19-23-37(31,32)35-21-5-3-1-2-4-6-22-36-38(33,34)24-20-30(17-9-13-27)18-10-14-28/h1-28H2,(H,31,32)(H,33,34). The van der Waals surface area contributed by atoms with Crippen molar-refractivity contribution in [1.29, 1.82) is 0 Å². The van der Waals surface area contributed by atoms with E-state index in [9.17, 15) is 18.9 Å². The fourth-order valence-corrected chi connectivity index (χ4v) is 6.08. The number of nitrogens with two attached hydrogens (primary N) is 4. The van der Waals surface area contributed by atoms with E-state index in [0.717, 1.165) is 90.4 Å². The summed E-state index contributed by atoms with van der Waals surface area (Å²) in [4.78, 5) is 24.5. The third-order valence-electron chi connectivity index (χ3n) is 6.24. The van der Waals surface area contributed by atoms with Crippen LogP contribution in [0.25, 0.3) is 0 Å². The molecule has 0 saturated carbocycles. The van der Waals surface area contributed by atoms with Gasteiger partial charge in [0.2, 0.25) is 0 Å². The lowest BCUT2D eigenvalue weighted by atomic mass is 10.1. The largest absolute Gasteiger partial charge is 0.330 e. The molecule has 2 atom stereocenters. The number of nitrogens with zero attached hydrogens (tertiary/aromatic N) is 2. The van der Waals surface area contributed by atoms with Gasteiger partial charge in [0.05, 0.1) is 25.5 Å². The smallest absolute Gasteiger partial charge is 0.329 e. The van der Waals surface area contributed by atoms with Crippen LogP contribution in [0.5, 0.6) is 0 Å². The van der Waals surface area contributed by atoms with E-state index in [4.69, 9.17) is 32.0 Å². The van der Waals surface area contributed by atoms with Crippen LogP contribution >= 0.6 is 15.2 Å². The summed E-state index contributed by atoms with van der Waals surface area (Å²) in [5.74, 6) is 0. The Morgan fingerprint density at radius 2 is 0.763 bits per heavy atom. The maximum absolute atomic E-state index is 12.3. The Hall–Kier alpha value is 0.0600. The highest BCUT2D eigenvalue weighted by Crippen LogP contribution is 2.42. The summed E-state index contributed by atoms with van der Waals surface area (Å²) in [6, 6.07) is 0. The zero-order chi connectivity index (χ0) is 28.5. The molecule has 0 heterocycles. The SMILES string of the molecule is NCCCN(CCCN)CCP(=O)(O)OCCCCCCCCOP(=O)(O)CCN(CCCN)CCCN. The molecule has 0 amide bonds. The van der Waals surface area contributed by atoms with E-state index in [1.807, 2.05) is 0 Å². The van der Waals surface area contributed by atoms with Gasteiger partial charge in [-0.25, -0.2) is 0 Å². The lowest BCUT2D eigenvalue weighted by Gasteiger charge is -2.23. The fraction of sp³-hybridized carbons (Fsp3) is 1.00. The first kappa shape index (κ1) is 38.1. The Morgan fingerprint density at radius 1 is 0.474 bits per heavy atom. The molecule has 0 aliphatic rings. The van der Waals surface area contributed by atoms with E-state index in [1.54, 1.807) is 0 Å². The van der Waals surface area contributed by atoms with Crippen LogP contribution in [-0.2, 0) is 18.2 Å². The molecule has 10 N–H and O–H groups in total. The molecule has 12 nitrogen and oxygen atoms in total. The predicted molar refractivity (Wildman–Crippen MR) is 157 cm³/mol. The third-order valence-corrected chi connectivity index (χ3v) is 8.94. The molecule has 0 aromatic heterocycles. The van der Waals surface area contributed by atoms with Crippen molar-refractivity contribution in [1.82, 2.24) is 9.80 Å². The summed E-state index contributed by atoms with van der Waals surface area (Å²) in [7, 11) is -7.21. The van der Waals surface area contributed by atoms with Crippen LogP contribution in [0, 0.1) is 0 Å². The van der Waals surface area contributed by atoms with E-state index in [2.05, 4.69) is 9.80 Å². The van der Waals surface area contributed by atoms with Gasteiger partial charge in [0.1, 0.15) is 0 Å². The first-order valence-electron chi connectivity index (χ1n) is 14.4. The lowest BCUT2D eigenvalue weighted by molar-refractivity contribution is 0.234. The van der Waals surface area contributed by atoms with Crippen molar-refractivity contribution in [2.24, 2.45) is 22.9 Å². The molecule has 0 radical (unpaired) electrons. The topological polar surface area (TPSA) is 204 Å². The minimum atomic E-state index is -3.61. The summed E-state index contributed by atoms with van der Waals surface area (Å²) in [5, 5.41) is 0. The first-order valence-corrected chi connectivity index (χ1v) is 17.9. The Balaban J connectivity index is 3.90. The molecule has 0 aliphatic carbocycles. The first-order chi connectivity index (χ1) is 18.2. The normalized spacial score (nSPS) is 15.3. The number of hydrogen-bond acceptors (Lipinski definition) is 10. The van der Waals surface area contributed by atoms with Crippen LogP contribution in [0.4, 0.5) is 0 Å². The molecular weight excluding hydrogens is 530 g/mol. The maximum atomic E-state index is 12.3. The summed E-state index contributed by atoms with van der Waals surface area (Å²) in [5.41, 5.74) is 22.3. The minimum absolute atomic E-state index is 0.107. The van der Waals surface area contributed by atoms with Crippen molar-refractivity contribution in [2.45, 2.75) is 64.2 Å². The second-order valence-electron chi connectivity index (χ2n) is 9.76. The zero-order valence-electron chi connectivity index (χ0n) is 23.6. The lowest BCUT2D eigenvalue weighted by Crippen LogP contribution is -2.31. The van der Waals surface area contributed by atoms with Gasteiger partial charge >= 0.3 is 15.2 Å². The van der Waals surface area contributed by atoms with E-state index in [-0.39, 0.29) is 25.5 Å². The van der Waals surface area contributed by atoms with E-state index >= 15 is 0 Å². The highest BCUT2D eigenvalue weighted by atomic mass is 31.2. The van der Waals surface area contributed by atoms with Gasteiger partial charge in [-0.1, -0.05) is 25.7 Å². The Bertz CT molecular complexity index is 569. The predicted octanol–water partition coefficient (Wildman–Crippen LogP) is 1.73. The molecule has 2 unspecified atom stereocenters. The van der Waals surface area contributed by atoms with Gasteiger partial charge in [-0.05, 0) is 90.9 Å². The Kier molecular flexibility index (Phi) is 24.9. The molecule has 38 heavy (non-hydrogen) atoms. The molecule has 14 heteroatoms. The molecule has 0 bridgehead atoms. The van der Waals surface area contributed by atoms with Crippen LogP contribution in [0.3, 0.4) is 0 Å². The summed E-state index contributed by atoms with van der Waals surface area (Å²) < 4.78 is 35.2.